The van der Waals surface area contributed by atoms with Crippen molar-refractivity contribution in [2.24, 2.45) is 22.7 Å². The summed E-state index contributed by atoms with van der Waals surface area (Å²) in [5.74, 6) is -2.02. The van der Waals surface area contributed by atoms with E-state index in [9.17, 15) is 19.8 Å². The van der Waals surface area contributed by atoms with Crippen molar-refractivity contribution in [3.05, 3.63) is 82.5 Å². The number of allylic oxidation sites excluding steroid dienone is 4. The number of benzene rings is 2. The van der Waals surface area contributed by atoms with E-state index in [4.69, 9.17) is 19.9 Å². The van der Waals surface area contributed by atoms with Crippen molar-refractivity contribution >= 4 is 17.3 Å². The average Bonchev–Trinajstić information content (AvgIpc) is 3.54. The van der Waals surface area contributed by atoms with E-state index in [-0.39, 0.29) is 24.8 Å². The number of aliphatic hydroxyl groups is 2. The summed E-state index contributed by atoms with van der Waals surface area (Å²) in [5, 5.41) is 21.9. The minimum absolute atomic E-state index is 0.0346. The number of hydrogen-bond acceptors (Lipinski definition) is 8. The number of carbonyl (C=O) groups excluding carboxylic acids is 2. The lowest BCUT2D eigenvalue weighted by Gasteiger charge is -2.63. The highest BCUT2D eigenvalue weighted by Gasteiger charge is 2.80. The Labute approximate surface area is 272 Å². The zero-order chi connectivity index (χ0) is 33.7. The van der Waals surface area contributed by atoms with Crippen molar-refractivity contribution in [3.8, 4) is 5.75 Å². The first kappa shape index (κ1) is 32.1. The van der Waals surface area contributed by atoms with Gasteiger partial charge < -0.3 is 30.2 Å². The second-order valence-corrected chi connectivity index (χ2v) is 14.4. The van der Waals surface area contributed by atoms with Crippen LogP contribution >= 0.6 is 0 Å². The van der Waals surface area contributed by atoms with Crippen molar-refractivity contribution in [2.45, 2.75) is 82.4 Å². The fraction of sp³-hybridized carbons (Fsp3) is 0.514. The molecule has 0 radical (unpaired) electrons. The molecule has 1 heterocycles. The maximum atomic E-state index is 17.6. The number of fused-ring (bicyclic) bond motifs is 7. The third kappa shape index (κ3) is 4.24. The topological polar surface area (TPSA) is 128 Å². The second kappa shape index (κ2) is 10.8. The number of aryl methyl sites for hydroxylation is 1. The van der Waals surface area contributed by atoms with E-state index in [0.29, 0.717) is 23.4 Å². The maximum Gasteiger partial charge on any atom is 0.193 e. The smallest absolute Gasteiger partial charge is 0.193 e. The molecule has 2 aromatic rings. The molecule has 250 valence electrons. The molecule has 10 heteroatoms. The molecule has 0 aromatic heterocycles. The van der Waals surface area contributed by atoms with Crippen LogP contribution in [0, 0.1) is 29.6 Å². The van der Waals surface area contributed by atoms with E-state index in [1.54, 1.807) is 14.0 Å². The average molecular weight is 650 g/mol. The van der Waals surface area contributed by atoms with Gasteiger partial charge in [0, 0.05) is 22.3 Å². The molecule has 8 nitrogen and oxygen atoms in total. The molecule has 5 aliphatic rings. The number of carbonyl (C=O) groups is 2. The van der Waals surface area contributed by atoms with Gasteiger partial charge in [-0.25, -0.2) is 8.78 Å². The molecule has 0 spiro atoms. The minimum Gasteiger partial charge on any atom is -0.495 e. The summed E-state index contributed by atoms with van der Waals surface area (Å²) in [6.07, 6.45) is -0.860. The van der Waals surface area contributed by atoms with Gasteiger partial charge >= 0.3 is 0 Å². The molecule has 4 fully saturated rings. The van der Waals surface area contributed by atoms with Gasteiger partial charge in [0.05, 0.1) is 25.0 Å². The Morgan fingerprint density at radius 1 is 1.13 bits per heavy atom. The number of rotatable bonds is 6. The number of ketones is 2. The Kier molecular flexibility index (Phi) is 7.37. The van der Waals surface area contributed by atoms with E-state index >= 15 is 8.78 Å². The van der Waals surface area contributed by atoms with Crippen LogP contribution in [0.3, 0.4) is 0 Å². The largest absolute Gasteiger partial charge is 0.495 e. The number of aliphatic hydroxyl groups excluding tert-OH is 2. The number of nitrogens with two attached hydrogens (primary N) is 1. The second-order valence-electron chi connectivity index (χ2n) is 14.4. The molecule has 0 bridgehead atoms. The Morgan fingerprint density at radius 3 is 2.53 bits per heavy atom. The van der Waals surface area contributed by atoms with Gasteiger partial charge in [-0.15, -0.1) is 0 Å². The van der Waals surface area contributed by atoms with E-state index < -0.39 is 76.8 Å². The van der Waals surface area contributed by atoms with Crippen LogP contribution in [0.1, 0.15) is 61.7 Å². The molecule has 1 aliphatic heterocycles. The molecule has 0 amide bonds. The summed E-state index contributed by atoms with van der Waals surface area (Å²) in [5.41, 5.74) is 3.67. The molecule has 7 rings (SSSR count). The number of alkyl halides is 2. The number of ether oxygens (including phenoxy) is 3. The van der Waals surface area contributed by atoms with Crippen LogP contribution in [0.4, 0.5) is 14.5 Å². The number of nitrogen functional groups attached to an aromatic ring is 1. The van der Waals surface area contributed by atoms with Gasteiger partial charge in [-0.05, 0) is 85.9 Å². The summed E-state index contributed by atoms with van der Waals surface area (Å²) in [6, 6.07) is 11.5. The van der Waals surface area contributed by atoms with Crippen LogP contribution < -0.4 is 10.5 Å². The third-order valence-corrected chi connectivity index (χ3v) is 12.2. The molecule has 0 unspecified atom stereocenters. The number of anilines is 1. The molecule has 3 saturated carbocycles. The molecule has 1 saturated heterocycles. The van der Waals surface area contributed by atoms with Crippen LogP contribution in [-0.4, -0.2) is 65.1 Å². The molecular weight excluding hydrogens is 608 g/mol. The van der Waals surface area contributed by atoms with E-state index in [2.05, 4.69) is 0 Å². The number of methoxy groups -OCH3 is 1. The zero-order valence-corrected chi connectivity index (χ0v) is 27.0. The summed E-state index contributed by atoms with van der Waals surface area (Å²) in [6.45, 7) is 4.40. The van der Waals surface area contributed by atoms with Crippen molar-refractivity contribution in [1.82, 2.24) is 0 Å². The van der Waals surface area contributed by atoms with Crippen molar-refractivity contribution < 1.29 is 42.8 Å². The third-order valence-electron chi connectivity index (χ3n) is 12.2. The molecule has 2 aromatic carbocycles. The van der Waals surface area contributed by atoms with Crippen LogP contribution in [0.2, 0.25) is 0 Å². The zero-order valence-electron chi connectivity index (χ0n) is 27.0. The van der Waals surface area contributed by atoms with Crippen LogP contribution in [0.5, 0.6) is 5.75 Å². The minimum atomic E-state index is -2.30. The normalized spacial score (nSPS) is 40.3. The molecular formula is C37H41F2NO7. The van der Waals surface area contributed by atoms with Gasteiger partial charge in [0.25, 0.3) is 0 Å². The first-order chi connectivity index (χ1) is 22.2. The van der Waals surface area contributed by atoms with E-state index in [1.807, 2.05) is 43.3 Å². The van der Waals surface area contributed by atoms with Gasteiger partial charge in [0.1, 0.15) is 18.5 Å². The Hall–Kier alpha value is -3.44. The lowest BCUT2D eigenvalue weighted by Crippen LogP contribution is -2.70. The van der Waals surface area contributed by atoms with Crippen LogP contribution in [-0.2, 0) is 25.5 Å². The highest BCUT2D eigenvalue weighted by atomic mass is 19.1. The first-order valence-corrected chi connectivity index (χ1v) is 16.2. The summed E-state index contributed by atoms with van der Waals surface area (Å²) in [4.78, 5) is 25.9. The van der Waals surface area contributed by atoms with Gasteiger partial charge in [-0.3, -0.25) is 9.59 Å². The lowest BCUT2D eigenvalue weighted by atomic mass is 9.44. The SMILES string of the molecule is COc1cc(Cc2ccc([C@H]3O[C@@H]4C[C@H]5[C@@H]6C[C@H](F)C7=CC(=O)C=C[C@]7(C)[C@@]6(F)[C@@H](O)C[C@]5(C)[C@]4(C(=O)CO)O3)cc2)cc(C)c1N. The van der Waals surface area contributed by atoms with Crippen LogP contribution in [0.25, 0.3) is 0 Å². The molecule has 47 heavy (non-hydrogen) atoms. The molecule has 4 aliphatic carbocycles. The highest BCUT2D eigenvalue weighted by Crippen LogP contribution is 2.72. The Bertz CT molecular complexity index is 1710. The van der Waals surface area contributed by atoms with Crippen LogP contribution in [0.15, 0.2) is 60.2 Å². The van der Waals surface area contributed by atoms with E-state index in [1.165, 1.54) is 19.1 Å². The fourth-order valence-corrected chi connectivity index (χ4v) is 9.85. The van der Waals surface area contributed by atoms with Crippen molar-refractivity contribution in [2.75, 3.05) is 19.5 Å². The summed E-state index contributed by atoms with van der Waals surface area (Å²) >= 11 is 0. The predicted molar refractivity (Wildman–Crippen MR) is 169 cm³/mol. The van der Waals surface area contributed by atoms with Gasteiger partial charge in [0.2, 0.25) is 0 Å². The summed E-state index contributed by atoms with van der Waals surface area (Å²) < 4.78 is 51.9. The Balaban J connectivity index is 1.19. The standard InChI is InChI=1S/C37H41F2NO7/c1-19-11-21(13-28(45-4)32(19)40)12-20-5-7-22(8-6-20)33-46-31-16-24-25-15-27(38)26-14-23(42)9-10-34(26,2)36(25,39)29(43)17-35(24,3)37(31,47-33)30(44)18-41/h5-11,13-14,24-25,27,29,31,33,41,43H,12,15-18,40H2,1-4H3/t24-,25-,27-,29-,31+,33-,34-,35-,36-,37+/m0/s1. The monoisotopic (exact) mass is 649 g/mol. The number of halogens is 2. The predicted octanol–water partition coefficient (Wildman–Crippen LogP) is 4.82. The van der Waals surface area contributed by atoms with Crippen molar-refractivity contribution in [1.29, 1.82) is 0 Å². The van der Waals surface area contributed by atoms with E-state index in [0.717, 1.165) is 22.8 Å². The fourth-order valence-electron chi connectivity index (χ4n) is 9.85. The first-order valence-electron chi connectivity index (χ1n) is 16.2. The molecule has 10 atom stereocenters. The summed E-state index contributed by atoms with van der Waals surface area (Å²) in [7, 11) is 1.58. The van der Waals surface area contributed by atoms with Gasteiger partial charge in [0.15, 0.2) is 29.1 Å². The number of hydrogen-bond donors (Lipinski definition) is 3. The highest BCUT2D eigenvalue weighted by molar-refractivity contribution is 6.01. The van der Waals surface area contributed by atoms with Gasteiger partial charge in [-0.2, -0.15) is 0 Å². The Morgan fingerprint density at radius 2 is 1.85 bits per heavy atom. The number of Topliss-reactive ketones (excluding diaryl/α,β-unsaturated/α-hetero) is 1. The van der Waals surface area contributed by atoms with Crippen molar-refractivity contribution in [3.63, 3.8) is 0 Å². The molecule has 4 N–H and O–H groups in total. The maximum absolute atomic E-state index is 17.6. The quantitative estimate of drug-likeness (QED) is 0.380. The van der Waals surface area contributed by atoms with Gasteiger partial charge in [-0.1, -0.05) is 43.3 Å². The lowest BCUT2D eigenvalue weighted by molar-refractivity contribution is -0.235.